The van der Waals surface area contributed by atoms with Crippen LogP contribution in [0.5, 0.6) is 0 Å². The molecule has 0 aromatic heterocycles. The summed E-state index contributed by atoms with van der Waals surface area (Å²) < 4.78 is 1.11. The molecule has 1 unspecified atom stereocenters. The molecule has 1 fully saturated rings. The number of benzene rings is 2. The van der Waals surface area contributed by atoms with Gasteiger partial charge in [-0.3, -0.25) is 4.99 Å². The Morgan fingerprint density at radius 1 is 1.20 bits per heavy atom. The molecule has 0 amide bonds. The Balaban J connectivity index is 0.00000225. The van der Waals surface area contributed by atoms with Crippen molar-refractivity contribution in [2.45, 2.75) is 13.3 Å². The minimum absolute atomic E-state index is 0. The van der Waals surface area contributed by atoms with E-state index in [-0.39, 0.29) is 24.0 Å². The Morgan fingerprint density at radius 3 is 2.56 bits per heavy atom. The van der Waals surface area contributed by atoms with Crippen molar-refractivity contribution in [3.05, 3.63) is 58.6 Å². The number of anilines is 2. The molecule has 134 valence electrons. The number of rotatable bonds is 4. The lowest BCUT2D eigenvalue weighted by Crippen LogP contribution is -2.25. The van der Waals surface area contributed by atoms with Crippen LogP contribution in [0.15, 0.2) is 58.0 Å². The van der Waals surface area contributed by atoms with E-state index >= 15 is 0 Å². The Labute approximate surface area is 175 Å². The third kappa shape index (κ3) is 5.88. The average Bonchev–Trinajstić information content (AvgIpc) is 3.05. The maximum atomic E-state index is 6.00. The van der Waals surface area contributed by atoms with Gasteiger partial charge in [-0.15, -0.1) is 24.0 Å². The summed E-state index contributed by atoms with van der Waals surface area (Å²) in [6.45, 7) is 4.94. The number of hydrogen-bond acceptors (Lipinski definition) is 2. The van der Waals surface area contributed by atoms with Gasteiger partial charge in [0.15, 0.2) is 5.96 Å². The predicted octanol–water partition coefficient (Wildman–Crippen LogP) is 4.63. The first-order valence-corrected chi connectivity index (χ1v) is 9.03. The first-order chi connectivity index (χ1) is 11.6. The molecule has 1 heterocycles. The summed E-state index contributed by atoms with van der Waals surface area (Å²) in [5, 5.41) is 3.15. The van der Waals surface area contributed by atoms with E-state index in [2.05, 4.69) is 74.5 Å². The maximum Gasteiger partial charge on any atom is 0.193 e. The molecule has 6 heteroatoms. The lowest BCUT2D eigenvalue weighted by atomic mass is 10.1. The predicted molar refractivity (Wildman–Crippen MR) is 121 cm³/mol. The smallest absolute Gasteiger partial charge is 0.193 e. The normalized spacial score (nSPS) is 17.3. The highest BCUT2D eigenvalue weighted by Crippen LogP contribution is 2.25. The third-order valence-electron chi connectivity index (χ3n) is 4.32. The molecule has 2 aromatic rings. The second-order valence-corrected chi connectivity index (χ2v) is 7.21. The molecule has 0 saturated carbocycles. The largest absolute Gasteiger partial charge is 0.371 e. The van der Waals surface area contributed by atoms with Gasteiger partial charge in [-0.1, -0.05) is 33.6 Å². The number of aliphatic imine (C=N–C) groups is 1. The van der Waals surface area contributed by atoms with Crippen LogP contribution in [0, 0.1) is 12.8 Å². The lowest BCUT2D eigenvalue weighted by molar-refractivity contribution is 0.603. The molecule has 0 radical (unpaired) electrons. The van der Waals surface area contributed by atoms with Crippen LogP contribution in [-0.2, 0) is 0 Å². The van der Waals surface area contributed by atoms with E-state index in [9.17, 15) is 0 Å². The van der Waals surface area contributed by atoms with Crippen molar-refractivity contribution in [3.63, 3.8) is 0 Å². The van der Waals surface area contributed by atoms with Gasteiger partial charge in [-0.25, -0.2) is 0 Å². The molecule has 25 heavy (non-hydrogen) atoms. The summed E-state index contributed by atoms with van der Waals surface area (Å²) in [5.41, 5.74) is 9.49. The number of halogens is 2. The van der Waals surface area contributed by atoms with Gasteiger partial charge in [-0.05, 0) is 55.7 Å². The summed E-state index contributed by atoms with van der Waals surface area (Å²) in [4.78, 5) is 6.93. The van der Waals surface area contributed by atoms with Crippen LogP contribution in [0.4, 0.5) is 11.4 Å². The molecule has 0 bridgehead atoms. The van der Waals surface area contributed by atoms with Crippen molar-refractivity contribution >= 4 is 57.2 Å². The highest BCUT2D eigenvalue weighted by molar-refractivity contribution is 14.0. The van der Waals surface area contributed by atoms with Gasteiger partial charge in [0.25, 0.3) is 0 Å². The highest BCUT2D eigenvalue weighted by atomic mass is 127. The second kappa shape index (κ2) is 9.43. The van der Waals surface area contributed by atoms with Crippen molar-refractivity contribution < 1.29 is 0 Å². The number of nitrogens with zero attached hydrogens (tertiary/aromatic N) is 2. The average molecular weight is 515 g/mol. The topological polar surface area (TPSA) is 53.6 Å². The van der Waals surface area contributed by atoms with Crippen LogP contribution >= 0.6 is 39.9 Å². The van der Waals surface area contributed by atoms with Crippen molar-refractivity contribution in [2.75, 3.05) is 29.9 Å². The minimum Gasteiger partial charge on any atom is -0.371 e. The van der Waals surface area contributed by atoms with E-state index in [0.29, 0.717) is 11.9 Å². The van der Waals surface area contributed by atoms with E-state index < -0.39 is 0 Å². The SMILES string of the molecule is Cc1ccc(NC(N)=NCC2CCN(c3ccc(Br)cc3)C2)cc1.I. The monoisotopic (exact) mass is 514 g/mol. The van der Waals surface area contributed by atoms with Gasteiger partial charge in [0, 0.05) is 35.5 Å². The van der Waals surface area contributed by atoms with Gasteiger partial charge in [0.2, 0.25) is 0 Å². The van der Waals surface area contributed by atoms with E-state index in [1.165, 1.54) is 11.3 Å². The van der Waals surface area contributed by atoms with Crippen LogP contribution in [0.25, 0.3) is 0 Å². The van der Waals surface area contributed by atoms with Crippen molar-refractivity contribution in [1.29, 1.82) is 0 Å². The van der Waals surface area contributed by atoms with Crippen molar-refractivity contribution in [3.8, 4) is 0 Å². The van der Waals surface area contributed by atoms with Crippen LogP contribution < -0.4 is 16.0 Å². The van der Waals surface area contributed by atoms with Crippen LogP contribution in [0.1, 0.15) is 12.0 Å². The van der Waals surface area contributed by atoms with Gasteiger partial charge in [0.05, 0.1) is 0 Å². The molecular weight excluding hydrogens is 491 g/mol. The Kier molecular flexibility index (Phi) is 7.56. The third-order valence-corrected chi connectivity index (χ3v) is 4.85. The fourth-order valence-electron chi connectivity index (χ4n) is 2.92. The Morgan fingerprint density at radius 2 is 1.88 bits per heavy atom. The molecular formula is C19H24BrIN4. The summed E-state index contributed by atoms with van der Waals surface area (Å²) in [6.07, 6.45) is 1.15. The van der Waals surface area contributed by atoms with Crippen molar-refractivity contribution in [2.24, 2.45) is 16.6 Å². The fraction of sp³-hybridized carbons (Fsp3) is 0.316. The zero-order valence-electron chi connectivity index (χ0n) is 14.3. The maximum absolute atomic E-state index is 6.00. The zero-order chi connectivity index (χ0) is 16.9. The van der Waals surface area contributed by atoms with Crippen molar-refractivity contribution in [1.82, 2.24) is 0 Å². The Hall–Kier alpha value is -1.28. The summed E-state index contributed by atoms with van der Waals surface area (Å²) in [5.74, 6) is 1.04. The molecule has 1 atom stereocenters. The number of hydrogen-bond donors (Lipinski definition) is 2. The zero-order valence-corrected chi connectivity index (χ0v) is 18.2. The number of aryl methyl sites for hydroxylation is 1. The quantitative estimate of drug-likeness (QED) is 0.355. The first-order valence-electron chi connectivity index (χ1n) is 8.24. The molecule has 1 saturated heterocycles. The molecule has 0 spiro atoms. The van der Waals surface area contributed by atoms with E-state index in [1.807, 2.05) is 12.1 Å². The second-order valence-electron chi connectivity index (χ2n) is 6.29. The van der Waals surface area contributed by atoms with Gasteiger partial charge >= 0.3 is 0 Å². The highest BCUT2D eigenvalue weighted by Gasteiger charge is 2.22. The lowest BCUT2D eigenvalue weighted by Gasteiger charge is -2.18. The van der Waals surface area contributed by atoms with Gasteiger partial charge in [-0.2, -0.15) is 0 Å². The van der Waals surface area contributed by atoms with Crippen LogP contribution in [0.3, 0.4) is 0 Å². The standard InChI is InChI=1S/C19H23BrN4.HI/c1-14-2-6-17(7-3-14)23-19(21)22-12-15-10-11-24(13-15)18-8-4-16(20)5-9-18;/h2-9,15H,10-13H2,1H3,(H3,21,22,23);1H. The molecule has 0 aliphatic carbocycles. The minimum atomic E-state index is 0. The Bertz CT molecular complexity index is 700. The summed E-state index contributed by atoms with van der Waals surface area (Å²) in [7, 11) is 0. The number of guanidine groups is 1. The summed E-state index contributed by atoms with van der Waals surface area (Å²) in [6, 6.07) is 16.6. The van der Waals surface area contributed by atoms with Crippen LogP contribution in [-0.4, -0.2) is 25.6 Å². The molecule has 1 aliphatic rings. The molecule has 3 rings (SSSR count). The van der Waals surface area contributed by atoms with Gasteiger partial charge < -0.3 is 16.0 Å². The number of nitrogens with two attached hydrogens (primary N) is 1. The molecule has 2 aromatic carbocycles. The van der Waals surface area contributed by atoms with Crippen LogP contribution in [0.2, 0.25) is 0 Å². The van der Waals surface area contributed by atoms with E-state index in [4.69, 9.17) is 5.73 Å². The number of nitrogens with one attached hydrogen (secondary N) is 1. The summed E-state index contributed by atoms with van der Waals surface area (Å²) >= 11 is 3.48. The fourth-order valence-corrected chi connectivity index (χ4v) is 3.18. The van der Waals surface area contributed by atoms with E-state index in [0.717, 1.165) is 36.2 Å². The molecule has 4 nitrogen and oxygen atoms in total. The molecule has 1 aliphatic heterocycles. The molecule has 3 N–H and O–H groups in total. The van der Waals surface area contributed by atoms with E-state index in [1.54, 1.807) is 0 Å². The first kappa shape index (κ1) is 20.0. The van der Waals surface area contributed by atoms with Gasteiger partial charge in [0.1, 0.15) is 0 Å².